The first kappa shape index (κ1) is 91.2. The number of aliphatic hydroxyl groups is 8. The third-order valence-corrected chi connectivity index (χ3v) is 28.4. The number of aliphatic imine (C=N–C) groups is 5. The van der Waals surface area contributed by atoms with Gasteiger partial charge in [-0.3, -0.25) is 0 Å². The van der Waals surface area contributed by atoms with E-state index in [0.717, 1.165) is 49.2 Å². The van der Waals surface area contributed by atoms with Crippen LogP contribution in [0.25, 0.3) is 0 Å². The fraction of sp³-hybridized carbons (Fsp3) is 0.605. The summed E-state index contributed by atoms with van der Waals surface area (Å²) in [6.07, 6.45) is 34.1. The summed E-state index contributed by atoms with van der Waals surface area (Å²) in [5.74, 6) is 4.03. The first-order valence-electron chi connectivity index (χ1n) is 36.9. The van der Waals surface area contributed by atoms with Crippen LogP contribution in [0, 0.1) is 0 Å². The summed E-state index contributed by atoms with van der Waals surface area (Å²) in [4.78, 5) is 29.0. The Morgan fingerprint density at radius 1 is 0.432 bits per heavy atom. The van der Waals surface area contributed by atoms with Crippen LogP contribution in [-0.4, -0.2) is 357 Å². The highest BCUT2D eigenvalue weighted by molar-refractivity contribution is 7.73. The van der Waals surface area contributed by atoms with Crippen LogP contribution in [0.4, 0.5) is 0 Å². The van der Waals surface area contributed by atoms with Crippen LogP contribution in [0.1, 0.15) is 59.8 Å². The number of nitrogens with two attached hydrogens (primary N) is 5. The van der Waals surface area contributed by atoms with Gasteiger partial charge < -0.3 is 127 Å². The molecule has 0 aromatic heterocycles. The van der Waals surface area contributed by atoms with Crippen molar-refractivity contribution >= 4 is 95.1 Å². The molecule has 0 aromatic rings. The Hall–Kier alpha value is -5.35. The zero-order valence-corrected chi connectivity index (χ0v) is 71.9. The van der Waals surface area contributed by atoms with Crippen molar-refractivity contribution in [3.63, 3.8) is 0 Å². The van der Waals surface area contributed by atoms with Crippen LogP contribution in [0.3, 0.4) is 0 Å². The predicted octanol–water partition coefficient (Wildman–Crippen LogP) is 3.33. The Labute approximate surface area is 657 Å². The molecule has 0 aliphatic carbocycles. The molecule has 35 heteroatoms. The minimum Gasteiger partial charge on any atom is -0.387 e. The molecule has 7 fully saturated rings. The van der Waals surface area contributed by atoms with Crippen LogP contribution in [-0.2, 0) is 33.2 Å². The molecule has 4 bridgehead atoms. The molecule has 12 rings (SSSR count). The molecule has 30 nitrogen and oxygen atoms in total. The van der Waals surface area contributed by atoms with Gasteiger partial charge in [0.1, 0.15) is 130 Å². The van der Waals surface area contributed by atoms with Crippen LogP contribution >= 0.6 is 34.4 Å². The normalized spacial score (nSPS) is 36.5. The molecule has 0 saturated carbocycles. The van der Waals surface area contributed by atoms with Crippen molar-refractivity contribution in [2.24, 2.45) is 53.6 Å². The van der Waals surface area contributed by atoms with E-state index in [4.69, 9.17) is 61.8 Å². The molecule has 7 saturated heterocycles. The fourth-order valence-electron chi connectivity index (χ4n) is 14.2. The maximum atomic E-state index is 10.7. The Morgan fingerprint density at radius 3 is 1.09 bits per heavy atom. The Bertz CT molecular complexity index is 3980. The van der Waals surface area contributed by atoms with Gasteiger partial charge in [-0.15, -0.1) is 65.9 Å². The first-order valence-corrected chi connectivity index (χ1v) is 52.2. The van der Waals surface area contributed by atoms with Crippen molar-refractivity contribution in [2.45, 2.75) is 180 Å². The number of nitrogens with zero attached hydrogens (tertiary/aromatic N) is 10. The van der Waals surface area contributed by atoms with Crippen molar-refractivity contribution in [3.8, 4) is 0 Å². The van der Waals surface area contributed by atoms with Crippen molar-refractivity contribution < 1.29 is 74.0 Å². The summed E-state index contributed by atoms with van der Waals surface area (Å²) in [7, 11) is 0. The average Bonchev–Trinajstić information content (AvgIpc) is 1.65. The molecule has 12 heterocycles. The summed E-state index contributed by atoms with van der Waals surface area (Å²) in [5, 5.41) is 84.3. The molecule has 12 aliphatic heterocycles. The topological polar surface area (TPSA) is 435 Å². The highest BCUT2D eigenvalue weighted by atomic mass is 31.2. The van der Waals surface area contributed by atoms with E-state index in [-0.39, 0.29) is 0 Å². The third kappa shape index (κ3) is 21.8. The van der Waals surface area contributed by atoms with Gasteiger partial charge in [-0.25, -0.2) is 25.0 Å². The highest BCUT2D eigenvalue weighted by Crippen LogP contribution is 2.52. The van der Waals surface area contributed by atoms with Gasteiger partial charge in [0.15, 0.2) is 31.1 Å². The van der Waals surface area contributed by atoms with E-state index in [1.165, 1.54) is 0 Å². The van der Waals surface area contributed by atoms with E-state index in [0.29, 0.717) is 90.8 Å². The molecular formula is C76H128N15O15P5. The monoisotopic (exact) mass is 1650 g/mol. The number of amidine groups is 5. The maximum Gasteiger partial charge on any atom is 0.166 e. The highest BCUT2D eigenvalue weighted by Gasteiger charge is 2.64. The predicted molar refractivity (Wildman–Crippen MR) is 463 cm³/mol. The van der Waals surface area contributed by atoms with E-state index in [2.05, 4.69) is 156 Å². The van der Waals surface area contributed by atoms with Gasteiger partial charge in [0.2, 0.25) is 0 Å². The lowest BCUT2D eigenvalue weighted by atomic mass is 9.94. The lowest BCUT2D eigenvalue weighted by Crippen LogP contribution is -2.51. The lowest BCUT2D eigenvalue weighted by molar-refractivity contribution is -0.181. The van der Waals surface area contributed by atoms with Gasteiger partial charge in [0.05, 0.1) is 31.0 Å². The molecular weight excluding hydrogens is 1520 g/mol. The summed E-state index contributed by atoms with van der Waals surface area (Å²) in [5.41, 5.74) is 24.2. The smallest absolute Gasteiger partial charge is 0.166 e. The van der Waals surface area contributed by atoms with Gasteiger partial charge in [-0.2, -0.15) is 0 Å². The first-order chi connectivity index (χ1) is 50.9. The van der Waals surface area contributed by atoms with Crippen molar-refractivity contribution in [1.29, 1.82) is 0 Å². The van der Waals surface area contributed by atoms with Gasteiger partial charge in [-0.05, 0) is 182 Å². The van der Waals surface area contributed by atoms with E-state index in [9.17, 15) is 40.9 Å². The molecule has 18 N–H and O–H groups in total. The van der Waals surface area contributed by atoms with Crippen molar-refractivity contribution in [2.75, 3.05) is 111 Å². The largest absolute Gasteiger partial charge is 0.387 e. The molecule has 0 amide bonds. The third-order valence-electron chi connectivity index (χ3n) is 21.1. The quantitative estimate of drug-likeness (QED) is 0.0777. The number of aliphatic hydroxyl groups excluding tert-OH is 6. The van der Waals surface area contributed by atoms with Gasteiger partial charge in [0.25, 0.3) is 0 Å². The molecule has 111 heavy (non-hydrogen) atoms. The number of fused-ring (bicyclic) bond motifs is 4. The molecule has 5 unspecified atom stereocenters. The van der Waals surface area contributed by atoms with E-state index in [1.54, 1.807) is 82.6 Å². The molecule has 12 aliphatic rings. The second kappa shape index (κ2) is 34.5. The summed E-state index contributed by atoms with van der Waals surface area (Å²) in [6, 6.07) is 0. The Morgan fingerprint density at radius 2 is 0.748 bits per heavy atom. The van der Waals surface area contributed by atoms with Crippen LogP contribution in [0.2, 0.25) is 0 Å². The molecule has 0 radical (unpaired) electrons. The summed E-state index contributed by atoms with van der Waals surface area (Å²) >= 11 is 0. The minimum atomic E-state index is -1.43. The van der Waals surface area contributed by atoms with Crippen LogP contribution in [0.5, 0.6) is 0 Å². The van der Waals surface area contributed by atoms with Crippen molar-refractivity contribution in [3.05, 3.63) is 123 Å². The standard InChI is InChI=1S/C16H26N3O3P.C15H24N3O3P.3C15H26N3O3P/c1-10-8-19(11(2)18-14(10)17)15-12-13(20)16(22-15,9-21-12)6-7-23(3,4)5;1-10-17-11(16)5-7-18(10)14-12-13(19)15(21-14,9-20-12)6-8-22(2,3)4;2*1-10-17-12(16)6-8-18(10)14-15(2,20)13(19)11(21-14)7-9-22(3,4)5;1-10-17-11(16)6-8-18(10)14-12(19)13(20)15(2,21-14)7-9-22(3,4)5/h8,12-13,15,20H,2-3,6-7,9H2,1,4-5H3,(H2,17,18);5,7,12-14,19H,1-2,6,8-9H2,3-4H3,(H2,16,17);2*6,8,11,13-14,19-20H,1,3,7,9H2,2,4-5H3,(H2,16,17);6,8,12-14,19-20H,1,3,7,9H2,2,4-5H3,(H2,16,17)/t12-,13+,15?,16+;12-,13+,14?,15+;11-,13-,14?,15+;11-,13-,14?,15-;12-,13+,14?,15-/m11111/s1. The number of hydrogen-bond donors (Lipinski definition) is 13. The van der Waals surface area contributed by atoms with Gasteiger partial charge >= 0.3 is 0 Å². The molecule has 20 atom stereocenters. The fourth-order valence-corrected chi connectivity index (χ4v) is 19.1. The molecule has 0 spiro atoms. The summed E-state index contributed by atoms with van der Waals surface area (Å²) in [6.45, 7) is 42.5. The van der Waals surface area contributed by atoms with E-state index < -0.39 is 155 Å². The number of hydrogen-bond acceptors (Lipinski definition) is 30. The minimum absolute atomic E-state index is 0.347. The van der Waals surface area contributed by atoms with Crippen LogP contribution in [0.15, 0.2) is 148 Å². The number of ether oxygens (including phenoxy) is 7. The van der Waals surface area contributed by atoms with Gasteiger partial charge in [0, 0.05) is 36.6 Å². The number of rotatable bonds is 20. The van der Waals surface area contributed by atoms with Gasteiger partial charge in [-0.1, -0.05) is 32.9 Å². The van der Waals surface area contributed by atoms with Crippen molar-refractivity contribution in [1.82, 2.24) is 24.5 Å². The molecule has 622 valence electrons. The zero-order valence-electron chi connectivity index (χ0n) is 67.4. The lowest BCUT2D eigenvalue weighted by Gasteiger charge is -2.37. The Kier molecular flexibility index (Phi) is 28.3. The van der Waals surface area contributed by atoms with E-state index >= 15 is 0 Å². The maximum absolute atomic E-state index is 10.7. The summed E-state index contributed by atoms with van der Waals surface area (Å²) < 4.78 is 42.0. The molecule has 0 aromatic carbocycles. The zero-order chi connectivity index (χ0) is 83.2. The Balaban J connectivity index is 0.000000174. The SMILES string of the molecule is C=C1N=C(N)C(C)=CN1C1O[C@@]2(CCP(=C)(C)C)CO[C@@H]1[C@@H]2O.C=C1N=C(N)C=CN1C1O[C@@]2(CCP(=C)(C)C)CO[C@@H]1[C@@H]2O.C=C1N=C(N)C=CN1C1O[C@H](CCP(=C)(C)C)[C@@H](O)[C@@]1(C)O.C=C1N=C(N)C=CN1C1O[C@H](CCP(=C)(C)C)[C@@H](O)[C@]1(C)O.C=C1N=C(N)C=CN1C1O[C@](C)(CCP(=C)(C)C)[C@@H](O)[C@H]1O. The van der Waals surface area contributed by atoms with E-state index in [1.807, 2.05) is 24.9 Å². The van der Waals surface area contributed by atoms with Crippen LogP contribution < -0.4 is 28.7 Å². The second-order valence-corrected chi connectivity index (χ2v) is 56.3. The average molecular weight is 1650 g/mol. The second-order valence-electron chi connectivity index (χ2n) is 34.7.